The SMILES string of the molecule is Cc1cc(NCc2ccccc2)nc(N2CCN(c3ncccn3)CC2)n1. The highest BCUT2D eigenvalue weighted by Crippen LogP contribution is 2.18. The third kappa shape index (κ3) is 4.31. The van der Waals surface area contributed by atoms with Crippen LogP contribution in [-0.2, 0) is 6.54 Å². The molecule has 1 aliphatic rings. The Morgan fingerprint density at radius 2 is 1.52 bits per heavy atom. The van der Waals surface area contributed by atoms with E-state index in [-0.39, 0.29) is 0 Å². The third-order valence-corrected chi connectivity index (χ3v) is 4.56. The van der Waals surface area contributed by atoms with Gasteiger partial charge in [0.2, 0.25) is 11.9 Å². The molecular weight excluding hydrogens is 338 g/mol. The fraction of sp³-hybridized carbons (Fsp3) is 0.300. The molecule has 0 bridgehead atoms. The Hall–Kier alpha value is -3.22. The second kappa shape index (κ2) is 7.99. The van der Waals surface area contributed by atoms with Crippen LogP contribution >= 0.6 is 0 Å². The molecule has 0 radical (unpaired) electrons. The summed E-state index contributed by atoms with van der Waals surface area (Å²) in [5, 5.41) is 3.41. The zero-order valence-electron chi connectivity index (χ0n) is 15.4. The lowest BCUT2D eigenvalue weighted by Gasteiger charge is -2.34. The van der Waals surface area contributed by atoms with Gasteiger partial charge >= 0.3 is 0 Å². The number of nitrogens with zero attached hydrogens (tertiary/aromatic N) is 6. The molecule has 0 saturated carbocycles. The minimum absolute atomic E-state index is 0.746. The Morgan fingerprint density at radius 3 is 2.22 bits per heavy atom. The van der Waals surface area contributed by atoms with Crippen molar-refractivity contribution in [3.05, 3.63) is 66.1 Å². The normalized spacial score (nSPS) is 14.3. The molecular formula is C20H23N7. The Balaban J connectivity index is 1.41. The minimum Gasteiger partial charge on any atom is -0.366 e. The van der Waals surface area contributed by atoms with Gasteiger partial charge in [0.05, 0.1) is 0 Å². The Morgan fingerprint density at radius 1 is 0.852 bits per heavy atom. The van der Waals surface area contributed by atoms with Crippen LogP contribution in [-0.4, -0.2) is 46.1 Å². The Bertz CT molecular complexity index is 862. The van der Waals surface area contributed by atoms with E-state index in [4.69, 9.17) is 4.98 Å². The van der Waals surface area contributed by atoms with Gasteiger partial charge in [0.25, 0.3) is 0 Å². The van der Waals surface area contributed by atoms with Crippen LogP contribution in [0.25, 0.3) is 0 Å². The molecule has 1 fully saturated rings. The molecule has 1 N–H and O–H groups in total. The van der Waals surface area contributed by atoms with Gasteiger partial charge in [-0.05, 0) is 18.6 Å². The van der Waals surface area contributed by atoms with Crippen molar-refractivity contribution in [1.29, 1.82) is 0 Å². The summed E-state index contributed by atoms with van der Waals surface area (Å²) in [6, 6.07) is 14.1. The highest BCUT2D eigenvalue weighted by molar-refractivity contribution is 5.45. The molecule has 1 aromatic carbocycles. The molecule has 3 aromatic rings. The molecule has 1 aliphatic heterocycles. The van der Waals surface area contributed by atoms with E-state index in [1.165, 1.54) is 5.56 Å². The van der Waals surface area contributed by atoms with Gasteiger partial charge in [-0.1, -0.05) is 30.3 Å². The lowest BCUT2D eigenvalue weighted by Crippen LogP contribution is -2.47. The summed E-state index contributed by atoms with van der Waals surface area (Å²) < 4.78 is 0. The average Bonchev–Trinajstić information content (AvgIpc) is 2.73. The highest BCUT2D eigenvalue weighted by atomic mass is 15.4. The number of aryl methyl sites for hydroxylation is 1. The second-order valence-electron chi connectivity index (χ2n) is 6.56. The summed E-state index contributed by atoms with van der Waals surface area (Å²) in [4.78, 5) is 22.5. The van der Waals surface area contributed by atoms with E-state index in [0.29, 0.717) is 0 Å². The summed E-state index contributed by atoms with van der Waals surface area (Å²) in [5.74, 6) is 2.42. The smallest absolute Gasteiger partial charge is 0.227 e. The monoisotopic (exact) mass is 361 g/mol. The number of piperazine rings is 1. The largest absolute Gasteiger partial charge is 0.366 e. The van der Waals surface area contributed by atoms with Gasteiger partial charge in [-0.15, -0.1) is 0 Å². The first-order valence-corrected chi connectivity index (χ1v) is 9.18. The van der Waals surface area contributed by atoms with Gasteiger partial charge in [0.1, 0.15) is 5.82 Å². The van der Waals surface area contributed by atoms with Crippen LogP contribution in [0.15, 0.2) is 54.9 Å². The van der Waals surface area contributed by atoms with Crippen LogP contribution in [0.2, 0.25) is 0 Å². The van der Waals surface area contributed by atoms with Gasteiger partial charge in [0, 0.05) is 56.9 Å². The molecule has 7 heteroatoms. The van der Waals surface area contributed by atoms with E-state index in [0.717, 1.165) is 56.1 Å². The summed E-state index contributed by atoms with van der Waals surface area (Å²) in [7, 11) is 0. The molecule has 7 nitrogen and oxygen atoms in total. The van der Waals surface area contributed by atoms with Crippen molar-refractivity contribution in [3.8, 4) is 0 Å². The third-order valence-electron chi connectivity index (χ3n) is 4.56. The highest BCUT2D eigenvalue weighted by Gasteiger charge is 2.21. The van der Waals surface area contributed by atoms with Crippen molar-refractivity contribution in [3.63, 3.8) is 0 Å². The maximum Gasteiger partial charge on any atom is 0.227 e. The quantitative estimate of drug-likeness (QED) is 0.749. The molecule has 0 amide bonds. The van der Waals surface area contributed by atoms with Gasteiger partial charge < -0.3 is 15.1 Å². The first-order chi connectivity index (χ1) is 13.3. The second-order valence-corrected chi connectivity index (χ2v) is 6.56. The lowest BCUT2D eigenvalue weighted by molar-refractivity contribution is 0.627. The summed E-state index contributed by atoms with van der Waals surface area (Å²) in [6.07, 6.45) is 3.56. The van der Waals surface area contributed by atoms with Gasteiger partial charge in [-0.25, -0.2) is 15.0 Å². The summed E-state index contributed by atoms with van der Waals surface area (Å²) in [5.41, 5.74) is 2.19. The van der Waals surface area contributed by atoms with Crippen LogP contribution in [0, 0.1) is 6.92 Å². The number of anilines is 3. The molecule has 3 heterocycles. The number of hydrogen-bond acceptors (Lipinski definition) is 7. The molecule has 0 unspecified atom stereocenters. The van der Waals surface area contributed by atoms with E-state index in [1.54, 1.807) is 12.4 Å². The average molecular weight is 361 g/mol. The van der Waals surface area contributed by atoms with Crippen LogP contribution in [0.5, 0.6) is 0 Å². The zero-order chi connectivity index (χ0) is 18.5. The molecule has 138 valence electrons. The van der Waals surface area contributed by atoms with Crippen molar-refractivity contribution in [1.82, 2.24) is 19.9 Å². The van der Waals surface area contributed by atoms with Crippen molar-refractivity contribution in [2.24, 2.45) is 0 Å². The number of hydrogen-bond donors (Lipinski definition) is 1. The van der Waals surface area contributed by atoms with E-state index in [2.05, 4.69) is 42.2 Å². The first-order valence-electron chi connectivity index (χ1n) is 9.18. The summed E-state index contributed by atoms with van der Waals surface area (Å²) >= 11 is 0. The maximum atomic E-state index is 4.72. The molecule has 4 rings (SSSR count). The molecule has 0 aliphatic carbocycles. The Kier molecular flexibility index (Phi) is 5.09. The minimum atomic E-state index is 0.746. The topological polar surface area (TPSA) is 70.1 Å². The zero-order valence-corrected chi connectivity index (χ0v) is 15.4. The summed E-state index contributed by atoms with van der Waals surface area (Å²) in [6.45, 7) is 6.16. The van der Waals surface area contributed by atoms with Gasteiger partial charge in [-0.2, -0.15) is 4.98 Å². The Labute approximate surface area is 159 Å². The van der Waals surface area contributed by atoms with Crippen molar-refractivity contribution >= 4 is 17.7 Å². The number of nitrogens with one attached hydrogen (secondary N) is 1. The molecule has 1 saturated heterocycles. The van der Waals surface area contributed by atoms with Crippen molar-refractivity contribution in [2.45, 2.75) is 13.5 Å². The van der Waals surface area contributed by atoms with Crippen LogP contribution in [0.1, 0.15) is 11.3 Å². The number of rotatable bonds is 5. The standard InChI is InChI=1S/C20H23N7/c1-16-14-18(23-15-17-6-3-2-4-7-17)25-20(24-16)27-12-10-26(11-13-27)19-21-8-5-9-22-19/h2-9,14H,10-13,15H2,1H3,(H,23,24,25). The van der Waals surface area contributed by atoms with E-state index < -0.39 is 0 Å². The van der Waals surface area contributed by atoms with Crippen LogP contribution < -0.4 is 15.1 Å². The van der Waals surface area contributed by atoms with Gasteiger partial charge in [0.15, 0.2) is 0 Å². The van der Waals surface area contributed by atoms with Crippen molar-refractivity contribution in [2.75, 3.05) is 41.3 Å². The molecule has 27 heavy (non-hydrogen) atoms. The molecule has 0 atom stereocenters. The van der Waals surface area contributed by atoms with Crippen molar-refractivity contribution < 1.29 is 0 Å². The van der Waals surface area contributed by atoms with Crippen LogP contribution in [0.3, 0.4) is 0 Å². The fourth-order valence-corrected chi connectivity index (χ4v) is 3.13. The van der Waals surface area contributed by atoms with Gasteiger partial charge in [-0.3, -0.25) is 0 Å². The first kappa shape index (κ1) is 17.2. The number of aromatic nitrogens is 4. The molecule has 0 spiro atoms. The maximum absolute atomic E-state index is 4.72. The number of benzene rings is 1. The fourth-order valence-electron chi connectivity index (χ4n) is 3.13. The van der Waals surface area contributed by atoms with E-state index in [9.17, 15) is 0 Å². The van der Waals surface area contributed by atoms with E-state index >= 15 is 0 Å². The van der Waals surface area contributed by atoms with Crippen LogP contribution in [0.4, 0.5) is 17.7 Å². The predicted molar refractivity (Wildman–Crippen MR) is 107 cm³/mol. The van der Waals surface area contributed by atoms with E-state index in [1.807, 2.05) is 37.3 Å². The lowest BCUT2D eigenvalue weighted by atomic mass is 10.2. The molecule has 2 aromatic heterocycles. The predicted octanol–water partition coefficient (Wildman–Crippen LogP) is 2.51.